The highest BCUT2D eigenvalue weighted by atomic mass is 16.6. The minimum absolute atomic E-state index is 0.0180. The molecule has 1 aliphatic rings. The van der Waals surface area contributed by atoms with Gasteiger partial charge in [-0.15, -0.1) is 0 Å². The number of non-ortho nitro benzene ring substituents is 1. The highest BCUT2D eigenvalue weighted by molar-refractivity contribution is 5.99. The Bertz CT molecular complexity index is 942. The minimum Gasteiger partial charge on any atom is -0.486 e. The van der Waals surface area contributed by atoms with Gasteiger partial charge >= 0.3 is 5.97 Å². The predicted molar refractivity (Wildman–Crippen MR) is 103 cm³/mol. The molecule has 0 bridgehead atoms. The molecular weight excluding hydrogens is 380 g/mol. The summed E-state index contributed by atoms with van der Waals surface area (Å²) in [7, 11) is 0. The molecule has 0 radical (unpaired) electrons. The zero-order valence-corrected chi connectivity index (χ0v) is 15.8. The van der Waals surface area contributed by atoms with E-state index in [0.29, 0.717) is 37.7 Å². The Morgan fingerprint density at radius 1 is 1.10 bits per heavy atom. The number of hydrogen-bond acceptors (Lipinski definition) is 7. The molecule has 3 rings (SSSR count). The lowest BCUT2D eigenvalue weighted by atomic mass is 10.1. The van der Waals surface area contributed by atoms with Gasteiger partial charge in [-0.1, -0.05) is 6.07 Å². The van der Waals surface area contributed by atoms with Crippen LogP contribution in [0.5, 0.6) is 11.5 Å². The zero-order valence-electron chi connectivity index (χ0n) is 15.8. The van der Waals surface area contributed by atoms with Crippen LogP contribution in [0.15, 0.2) is 36.4 Å². The Labute approximate surface area is 166 Å². The lowest BCUT2D eigenvalue weighted by Crippen LogP contribution is -2.26. The molecule has 29 heavy (non-hydrogen) atoms. The third-order valence-corrected chi connectivity index (χ3v) is 4.21. The number of benzene rings is 2. The van der Waals surface area contributed by atoms with Crippen molar-refractivity contribution in [2.75, 3.05) is 26.4 Å². The summed E-state index contributed by atoms with van der Waals surface area (Å²) in [5, 5.41) is 13.8. The summed E-state index contributed by atoms with van der Waals surface area (Å²) in [6.07, 6.45) is 0.530. The van der Waals surface area contributed by atoms with Crippen LogP contribution in [0, 0.1) is 10.1 Å². The molecule has 0 unspecified atom stereocenters. The van der Waals surface area contributed by atoms with Gasteiger partial charge in [0.15, 0.2) is 11.5 Å². The summed E-state index contributed by atoms with van der Waals surface area (Å²) in [6.45, 7) is 3.05. The van der Waals surface area contributed by atoms with Gasteiger partial charge in [-0.3, -0.25) is 14.9 Å². The van der Waals surface area contributed by atoms with E-state index in [9.17, 15) is 19.7 Å². The van der Waals surface area contributed by atoms with Gasteiger partial charge in [0.1, 0.15) is 13.2 Å². The van der Waals surface area contributed by atoms with Crippen molar-refractivity contribution >= 4 is 17.6 Å². The first kappa shape index (κ1) is 20.1. The maximum atomic E-state index is 12.4. The van der Waals surface area contributed by atoms with E-state index in [1.165, 1.54) is 6.07 Å². The van der Waals surface area contributed by atoms with Crippen molar-refractivity contribution in [3.8, 4) is 11.5 Å². The van der Waals surface area contributed by atoms with E-state index in [2.05, 4.69) is 5.32 Å². The van der Waals surface area contributed by atoms with Gasteiger partial charge in [-0.25, -0.2) is 4.79 Å². The Hall–Kier alpha value is -3.62. The summed E-state index contributed by atoms with van der Waals surface area (Å²) in [5.41, 5.74) is 0.566. The van der Waals surface area contributed by atoms with Gasteiger partial charge in [-0.05, 0) is 37.1 Å². The second kappa shape index (κ2) is 9.05. The largest absolute Gasteiger partial charge is 0.486 e. The number of hydrogen-bond donors (Lipinski definition) is 1. The molecule has 2 aromatic rings. The van der Waals surface area contributed by atoms with Crippen molar-refractivity contribution in [3.05, 3.63) is 63.2 Å². The second-order valence-electron chi connectivity index (χ2n) is 6.23. The summed E-state index contributed by atoms with van der Waals surface area (Å²) in [6, 6.07) is 9.05. The van der Waals surface area contributed by atoms with Crippen LogP contribution < -0.4 is 14.8 Å². The second-order valence-corrected chi connectivity index (χ2v) is 6.23. The summed E-state index contributed by atoms with van der Waals surface area (Å²) in [4.78, 5) is 34.8. The van der Waals surface area contributed by atoms with E-state index >= 15 is 0 Å². The first-order valence-electron chi connectivity index (χ1n) is 9.11. The SMILES string of the molecule is CCOC(=O)c1cc(C(=O)NCCc2ccc3c(c2)OCCO3)cc([N+](=O)[O-])c1. The number of nitrogens with zero attached hydrogens (tertiary/aromatic N) is 1. The van der Waals surface area contributed by atoms with Crippen LogP contribution >= 0.6 is 0 Å². The quantitative estimate of drug-likeness (QED) is 0.431. The molecular formula is C20H20N2O7. The highest BCUT2D eigenvalue weighted by Crippen LogP contribution is 2.30. The van der Waals surface area contributed by atoms with Crippen LogP contribution in [0.4, 0.5) is 5.69 Å². The number of nitrogens with one attached hydrogen (secondary N) is 1. The molecule has 0 saturated heterocycles. The average Bonchev–Trinajstić information content (AvgIpc) is 2.73. The maximum absolute atomic E-state index is 12.4. The molecule has 0 aromatic heterocycles. The molecule has 0 saturated carbocycles. The third kappa shape index (κ3) is 5.01. The van der Waals surface area contributed by atoms with E-state index in [0.717, 1.165) is 17.7 Å². The van der Waals surface area contributed by atoms with Crippen molar-refractivity contribution in [1.29, 1.82) is 0 Å². The number of rotatable bonds is 7. The average molecular weight is 400 g/mol. The van der Waals surface area contributed by atoms with Crippen molar-refractivity contribution in [1.82, 2.24) is 5.32 Å². The fraction of sp³-hybridized carbons (Fsp3) is 0.300. The van der Waals surface area contributed by atoms with Crippen LogP contribution in [-0.4, -0.2) is 43.2 Å². The fourth-order valence-electron chi connectivity index (χ4n) is 2.85. The molecule has 0 fully saturated rings. The molecule has 9 heteroatoms. The molecule has 0 aliphatic carbocycles. The monoisotopic (exact) mass is 400 g/mol. The van der Waals surface area contributed by atoms with Crippen molar-refractivity contribution in [2.45, 2.75) is 13.3 Å². The van der Waals surface area contributed by atoms with Gasteiger partial charge in [0.2, 0.25) is 0 Å². The molecule has 1 N–H and O–H groups in total. The molecule has 0 atom stereocenters. The lowest BCUT2D eigenvalue weighted by Gasteiger charge is -2.18. The van der Waals surface area contributed by atoms with Gasteiger partial charge in [0.05, 0.1) is 17.1 Å². The van der Waals surface area contributed by atoms with Gasteiger partial charge in [0, 0.05) is 24.2 Å². The molecule has 1 heterocycles. The molecule has 152 valence electrons. The number of ether oxygens (including phenoxy) is 3. The minimum atomic E-state index is -0.721. The van der Waals surface area contributed by atoms with Crippen LogP contribution in [0.3, 0.4) is 0 Å². The molecule has 1 aliphatic heterocycles. The van der Waals surface area contributed by atoms with Crippen molar-refractivity contribution in [2.24, 2.45) is 0 Å². The van der Waals surface area contributed by atoms with Crippen LogP contribution in [0.1, 0.15) is 33.2 Å². The number of nitro groups is 1. The van der Waals surface area contributed by atoms with Gasteiger partial charge in [-0.2, -0.15) is 0 Å². The summed E-state index contributed by atoms with van der Waals surface area (Å²) < 4.78 is 15.9. The predicted octanol–water partition coefficient (Wildman–Crippen LogP) is 2.52. The zero-order chi connectivity index (χ0) is 20.8. The van der Waals surface area contributed by atoms with Crippen LogP contribution in [0.2, 0.25) is 0 Å². The standard InChI is InChI=1S/C20H20N2O7/c1-2-27-20(24)15-10-14(11-16(12-15)22(25)26)19(23)21-6-5-13-3-4-17-18(9-13)29-8-7-28-17/h3-4,9-12H,2,5-8H2,1H3,(H,21,23). The number of esters is 1. The van der Waals surface area contributed by atoms with E-state index < -0.39 is 16.8 Å². The van der Waals surface area contributed by atoms with E-state index in [4.69, 9.17) is 14.2 Å². The number of carbonyl (C=O) groups excluding carboxylic acids is 2. The van der Waals surface area contributed by atoms with Crippen LogP contribution in [0.25, 0.3) is 0 Å². The Balaban J connectivity index is 1.67. The van der Waals surface area contributed by atoms with E-state index in [-0.39, 0.29) is 23.4 Å². The fourth-order valence-corrected chi connectivity index (χ4v) is 2.85. The molecule has 9 nitrogen and oxygen atoms in total. The van der Waals surface area contributed by atoms with Gasteiger partial charge in [0.25, 0.3) is 11.6 Å². The molecule has 1 amide bonds. The van der Waals surface area contributed by atoms with E-state index in [1.54, 1.807) is 6.92 Å². The number of carbonyl (C=O) groups is 2. The Morgan fingerprint density at radius 3 is 2.55 bits per heavy atom. The lowest BCUT2D eigenvalue weighted by molar-refractivity contribution is -0.384. The first-order valence-corrected chi connectivity index (χ1v) is 9.11. The normalized spacial score (nSPS) is 12.2. The highest BCUT2D eigenvalue weighted by Gasteiger charge is 2.19. The number of amides is 1. The van der Waals surface area contributed by atoms with Gasteiger partial charge < -0.3 is 19.5 Å². The topological polar surface area (TPSA) is 117 Å². The Morgan fingerprint density at radius 2 is 1.83 bits per heavy atom. The van der Waals surface area contributed by atoms with E-state index in [1.807, 2.05) is 18.2 Å². The molecule has 0 spiro atoms. The number of nitro benzene ring substituents is 1. The number of fused-ring (bicyclic) bond motifs is 1. The van der Waals surface area contributed by atoms with Crippen LogP contribution in [-0.2, 0) is 11.2 Å². The Kier molecular flexibility index (Phi) is 6.28. The summed E-state index contributed by atoms with van der Waals surface area (Å²) >= 11 is 0. The van der Waals surface area contributed by atoms with Crippen molar-refractivity contribution in [3.63, 3.8) is 0 Å². The molecule has 2 aromatic carbocycles. The van der Waals surface area contributed by atoms with Crippen molar-refractivity contribution < 1.29 is 28.7 Å². The maximum Gasteiger partial charge on any atom is 0.338 e. The smallest absolute Gasteiger partial charge is 0.338 e. The third-order valence-electron chi connectivity index (χ3n) is 4.21. The first-order chi connectivity index (χ1) is 14.0. The summed E-state index contributed by atoms with van der Waals surface area (Å²) in [5.74, 6) is 0.114.